The lowest BCUT2D eigenvalue weighted by Crippen LogP contribution is -2.26. The van der Waals surface area contributed by atoms with E-state index in [2.05, 4.69) is 39.9 Å². The molecule has 110 valence electrons. The molecule has 19 heavy (non-hydrogen) atoms. The lowest BCUT2D eigenvalue weighted by molar-refractivity contribution is -0.0219. The van der Waals surface area contributed by atoms with Gasteiger partial charge in [-0.2, -0.15) is 0 Å². The number of hydrogen-bond donors (Lipinski definition) is 1. The molecule has 1 heterocycles. The molecule has 0 aromatic carbocycles. The summed E-state index contributed by atoms with van der Waals surface area (Å²) >= 11 is 1.81. The van der Waals surface area contributed by atoms with Crippen LogP contribution in [-0.2, 0) is 23.3 Å². The summed E-state index contributed by atoms with van der Waals surface area (Å²) in [4.78, 5) is 6.20. The molecule has 0 aliphatic rings. The zero-order chi connectivity index (χ0) is 14.5. The first-order valence-electron chi connectivity index (χ1n) is 7.30. The smallest absolute Gasteiger partial charge is 0.125 e. The van der Waals surface area contributed by atoms with Crippen LogP contribution in [0.4, 0.5) is 0 Å². The topological polar surface area (TPSA) is 34.1 Å². The van der Waals surface area contributed by atoms with E-state index in [1.54, 1.807) is 7.11 Å². The molecule has 4 heteroatoms. The van der Waals surface area contributed by atoms with Crippen LogP contribution in [0.2, 0.25) is 0 Å². The molecule has 1 rings (SSSR count). The molecule has 1 aromatic rings. The lowest BCUT2D eigenvalue weighted by Gasteiger charge is -2.27. The zero-order valence-corrected chi connectivity index (χ0v) is 14.0. The Balaban J connectivity index is 3.03. The minimum atomic E-state index is -0.204. The molecule has 3 nitrogen and oxygen atoms in total. The molecule has 0 saturated carbocycles. The van der Waals surface area contributed by atoms with Crippen molar-refractivity contribution in [3.05, 3.63) is 15.6 Å². The van der Waals surface area contributed by atoms with E-state index < -0.39 is 0 Å². The normalized spacial score (nSPS) is 12.4. The van der Waals surface area contributed by atoms with Gasteiger partial charge in [0.1, 0.15) is 10.6 Å². The minimum Gasteiger partial charge on any atom is -0.371 e. The third-order valence-corrected chi connectivity index (χ3v) is 4.99. The molecule has 0 fully saturated rings. The van der Waals surface area contributed by atoms with Crippen molar-refractivity contribution >= 4 is 11.3 Å². The van der Waals surface area contributed by atoms with Gasteiger partial charge in [0.2, 0.25) is 0 Å². The second-order valence-corrected chi connectivity index (χ2v) is 6.27. The number of nitrogens with zero attached hydrogens (tertiary/aromatic N) is 1. The monoisotopic (exact) mass is 284 g/mol. The number of aryl methyl sites for hydroxylation is 1. The number of aromatic nitrogens is 1. The van der Waals surface area contributed by atoms with Crippen LogP contribution < -0.4 is 5.32 Å². The Morgan fingerprint density at radius 3 is 2.32 bits per heavy atom. The Bertz CT molecular complexity index is 375. The van der Waals surface area contributed by atoms with Crippen LogP contribution in [0.15, 0.2) is 0 Å². The number of ether oxygens (including phenoxy) is 1. The number of hydrogen-bond acceptors (Lipinski definition) is 4. The standard InChI is InChI=1S/C15H28N2OS/c1-7-12-13(10-16-11(4)5)19-14(17-12)15(8-2,9-3)18-6/h11,16H,7-10H2,1-6H3. The Hall–Kier alpha value is -0.450. The van der Waals surface area contributed by atoms with Gasteiger partial charge in [-0.15, -0.1) is 11.3 Å². The summed E-state index contributed by atoms with van der Waals surface area (Å²) in [6.45, 7) is 11.8. The number of nitrogens with one attached hydrogen (secondary N) is 1. The molecule has 0 saturated heterocycles. The highest BCUT2D eigenvalue weighted by molar-refractivity contribution is 7.11. The first-order chi connectivity index (χ1) is 9.02. The van der Waals surface area contributed by atoms with Gasteiger partial charge < -0.3 is 10.1 Å². The fourth-order valence-corrected chi connectivity index (χ4v) is 3.63. The van der Waals surface area contributed by atoms with Gasteiger partial charge in [0.15, 0.2) is 0 Å². The quantitative estimate of drug-likeness (QED) is 0.787. The Morgan fingerprint density at radius 1 is 1.26 bits per heavy atom. The average Bonchev–Trinajstić information content (AvgIpc) is 2.83. The van der Waals surface area contributed by atoms with E-state index in [0.29, 0.717) is 6.04 Å². The molecule has 1 N–H and O–H groups in total. The van der Waals surface area contributed by atoms with Crippen molar-refractivity contribution in [2.75, 3.05) is 7.11 Å². The summed E-state index contributed by atoms with van der Waals surface area (Å²) in [5, 5.41) is 4.62. The molecule has 0 atom stereocenters. The van der Waals surface area contributed by atoms with Crippen LogP contribution >= 0.6 is 11.3 Å². The van der Waals surface area contributed by atoms with Crippen LogP contribution in [0.1, 0.15) is 63.0 Å². The number of thiazole rings is 1. The molecule has 0 spiro atoms. The largest absolute Gasteiger partial charge is 0.371 e. The van der Waals surface area contributed by atoms with E-state index in [0.717, 1.165) is 30.8 Å². The Labute approximate surface area is 121 Å². The zero-order valence-electron chi connectivity index (χ0n) is 13.2. The van der Waals surface area contributed by atoms with E-state index in [1.807, 2.05) is 11.3 Å². The highest BCUT2D eigenvalue weighted by Crippen LogP contribution is 2.36. The van der Waals surface area contributed by atoms with E-state index in [9.17, 15) is 0 Å². The van der Waals surface area contributed by atoms with E-state index >= 15 is 0 Å². The highest BCUT2D eigenvalue weighted by atomic mass is 32.1. The van der Waals surface area contributed by atoms with Crippen molar-refractivity contribution in [3.8, 4) is 0 Å². The third kappa shape index (κ3) is 3.77. The molecule has 0 aliphatic heterocycles. The minimum absolute atomic E-state index is 0.204. The second kappa shape index (κ2) is 7.36. The fourth-order valence-electron chi connectivity index (χ4n) is 2.22. The van der Waals surface area contributed by atoms with Crippen molar-refractivity contribution < 1.29 is 4.74 Å². The van der Waals surface area contributed by atoms with Gasteiger partial charge >= 0.3 is 0 Å². The van der Waals surface area contributed by atoms with Gasteiger partial charge in [-0.05, 0) is 19.3 Å². The third-order valence-electron chi connectivity index (χ3n) is 3.71. The first kappa shape index (κ1) is 16.6. The van der Waals surface area contributed by atoms with E-state index in [-0.39, 0.29) is 5.60 Å². The summed E-state index contributed by atoms with van der Waals surface area (Å²) in [5.41, 5.74) is 1.02. The second-order valence-electron chi connectivity index (χ2n) is 5.18. The number of rotatable bonds is 8. The lowest BCUT2D eigenvalue weighted by atomic mass is 9.98. The van der Waals surface area contributed by atoms with Crippen LogP contribution in [0, 0.1) is 0 Å². The summed E-state index contributed by atoms with van der Waals surface area (Å²) < 4.78 is 5.79. The molecule has 0 amide bonds. The summed E-state index contributed by atoms with van der Waals surface area (Å²) in [5.74, 6) is 0. The maximum absolute atomic E-state index is 5.79. The average molecular weight is 284 g/mol. The van der Waals surface area contributed by atoms with Gasteiger partial charge in [-0.3, -0.25) is 0 Å². The molecule has 1 aromatic heterocycles. The van der Waals surface area contributed by atoms with E-state index in [4.69, 9.17) is 9.72 Å². The van der Waals surface area contributed by atoms with Gasteiger partial charge in [0.05, 0.1) is 5.69 Å². The summed E-state index contributed by atoms with van der Waals surface area (Å²) in [6.07, 6.45) is 2.92. The van der Waals surface area contributed by atoms with Crippen molar-refractivity contribution in [3.63, 3.8) is 0 Å². The maximum Gasteiger partial charge on any atom is 0.125 e. The van der Waals surface area contributed by atoms with Gasteiger partial charge in [0.25, 0.3) is 0 Å². The molecular weight excluding hydrogens is 256 g/mol. The molecular formula is C15H28N2OS. The molecule has 0 radical (unpaired) electrons. The van der Waals surface area contributed by atoms with Gasteiger partial charge in [0, 0.05) is 24.6 Å². The Kier molecular flexibility index (Phi) is 6.43. The maximum atomic E-state index is 5.79. The van der Waals surface area contributed by atoms with Crippen LogP contribution in [0.25, 0.3) is 0 Å². The first-order valence-corrected chi connectivity index (χ1v) is 8.12. The number of methoxy groups -OCH3 is 1. The van der Waals surface area contributed by atoms with Crippen LogP contribution in [0.3, 0.4) is 0 Å². The predicted molar refractivity (Wildman–Crippen MR) is 82.7 cm³/mol. The fraction of sp³-hybridized carbons (Fsp3) is 0.800. The van der Waals surface area contributed by atoms with Crippen molar-refractivity contribution in [2.24, 2.45) is 0 Å². The summed E-state index contributed by atoms with van der Waals surface area (Å²) in [7, 11) is 1.80. The highest BCUT2D eigenvalue weighted by Gasteiger charge is 2.32. The predicted octanol–water partition coefficient (Wildman–Crippen LogP) is 3.87. The molecule has 0 bridgehead atoms. The van der Waals surface area contributed by atoms with Crippen molar-refractivity contribution in [1.82, 2.24) is 10.3 Å². The van der Waals surface area contributed by atoms with Crippen molar-refractivity contribution in [2.45, 2.75) is 72.1 Å². The van der Waals surface area contributed by atoms with Gasteiger partial charge in [-0.1, -0.05) is 34.6 Å². The van der Waals surface area contributed by atoms with E-state index in [1.165, 1.54) is 10.6 Å². The van der Waals surface area contributed by atoms with Crippen LogP contribution in [-0.4, -0.2) is 18.1 Å². The SMILES string of the molecule is CCc1nc(C(CC)(CC)OC)sc1CNC(C)C. The van der Waals surface area contributed by atoms with Crippen LogP contribution in [0.5, 0.6) is 0 Å². The Morgan fingerprint density at radius 2 is 1.89 bits per heavy atom. The van der Waals surface area contributed by atoms with Gasteiger partial charge in [-0.25, -0.2) is 4.98 Å². The summed E-state index contributed by atoms with van der Waals surface area (Å²) in [6, 6.07) is 0.500. The molecule has 0 unspecified atom stereocenters. The molecule has 0 aliphatic carbocycles. The van der Waals surface area contributed by atoms with Crippen molar-refractivity contribution in [1.29, 1.82) is 0 Å².